The van der Waals surface area contributed by atoms with Gasteiger partial charge < -0.3 is 14.8 Å². The van der Waals surface area contributed by atoms with Crippen molar-refractivity contribution < 1.29 is 18.7 Å². The Bertz CT molecular complexity index is 1280. The lowest BCUT2D eigenvalue weighted by Gasteiger charge is -2.33. The molecule has 0 aliphatic carbocycles. The van der Waals surface area contributed by atoms with Gasteiger partial charge in [0.1, 0.15) is 11.6 Å². The highest BCUT2D eigenvalue weighted by Gasteiger charge is 2.26. The zero-order valence-corrected chi connectivity index (χ0v) is 17.7. The quantitative estimate of drug-likeness (QED) is 0.484. The average molecular weight is 431 g/mol. The van der Waals surface area contributed by atoms with Crippen LogP contribution in [0, 0.1) is 12.7 Å². The number of benzene rings is 3. The van der Waals surface area contributed by atoms with E-state index in [4.69, 9.17) is 9.47 Å². The zero-order valence-electron chi connectivity index (χ0n) is 17.7. The topological polar surface area (TPSA) is 65.4 Å². The number of anilines is 1. The highest BCUT2D eigenvalue weighted by molar-refractivity contribution is 6.06. The summed E-state index contributed by atoms with van der Waals surface area (Å²) in [6.07, 6.45) is 0.327. The Hall–Kier alpha value is -3.55. The monoisotopic (exact) mass is 431 g/mol. The van der Waals surface area contributed by atoms with E-state index in [0.29, 0.717) is 17.7 Å². The summed E-state index contributed by atoms with van der Waals surface area (Å²) in [6.45, 7) is 3.74. The number of ether oxygens (including phenoxy) is 2. The molecule has 0 spiro atoms. The van der Waals surface area contributed by atoms with E-state index in [0.717, 1.165) is 28.1 Å². The number of carbonyl (C=O) groups excluding carboxylic acids is 1. The average Bonchev–Trinajstić information content (AvgIpc) is 3.09. The summed E-state index contributed by atoms with van der Waals surface area (Å²) in [4.78, 5) is 17.4. The van der Waals surface area contributed by atoms with E-state index in [2.05, 4.69) is 10.3 Å². The Labute approximate surface area is 184 Å². The van der Waals surface area contributed by atoms with E-state index < -0.39 is 0 Å². The molecule has 1 fully saturated rings. The second kappa shape index (κ2) is 8.18. The first kappa shape index (κ1) is 20.4. The van der Waals surface area contributed by atoms with Gasteiger partial charge in [0.25, 0.3) is 5.91 Å². The molecule has 2 heterocycles. The van der Waals surface area contributed by atoms with E-state index >= 15 is 0 Å². The van der Waals surface area contributed by atoms with Crippen molar-refractivity contribution in [3.8, 4) is 5.69 Å². The molecule has 0 unspecified atom stereocenters. The van der Waals surface area contributed by atoms with Crippen LogP contribution in [0.25, 0.3) is 16.7 Å². The summed E-state index contributed by atoms with van der Waals surface area (Å²) < 4.78 is 26.2. The number of halogens is 1. The Morgan fingerprint density at radius 2 is 1.78 bits per heavy atom. The molecule has 1 N–H and O–H groups in total. The second-order valence-electron chi connectivity index (χ2n) is 7.80. The van der Waals surface area contributed by atoms with Crippen molar-refractivity contribution in [1.29, 1.82) is 0 Å². The van der Waals surface area contributed by atoms with Crippen LogP contribution < -0.4 is 5.32 Å². The van der Waals surface area contributed by atoms with E-state index in [-0.39, 0.29) is 24.3 Å². The van der Waals surface area contributed by atoms with Crippen LogP contribution in [-0.4, -0.2) is 28.0 Å². The fourth-order valence-electron chi connectivity index (χ4n) is 3.91. The highest BCUT2D eigenvalue weighted by Crippen LogP contribution is 2.24. The first-order chi connectivity index (χ1) is 15.5. The predicted molar refractivity (Wildman–Crippen MR) is 119 cm³/mol. The Balaban J connectivity index is 1.35. The molecule has 1 aliphatic rings. The maximum Gasteiger partial charge on any atom is 0.255 e. The van der Waals surface area contributed by atoms with Crippen LogP contribution in [-0.2, 0) is 15.9 Å². The number of nitrogens with zero attached hydrogens (tertiary/aromatic N) is 2. The molecular formula is C25H22FN3O3. The van der Waals surface area contributed by atoms with Gasteiger partial charge in [0.2, 0.25) is 0 Å². The van der Waals surface area contributed by atoms with E-state index in [9.17, 15) is 9.18 Å². The fraction of sp³-hybridized carbons (Fsp3) is 0.200. The summed E-state index contributed by atoms with van der Waals surface area (Å²) in [6, 6.07) is 19.2. The van der Waals surface area contributed by atoms with Gasteiger partial charge in [0.05, 0.1) is 11.0 Å². The van der Waals surface area contributed by atoms with Crippen molar-refractivity contribution in [3.05, 3.63) is 89.5 Å². The standard InChI is InChI=1S/C25H22FN3O3/c1-15-27-22-12-5-18(14-23(22)29(15)21-10-6-19(26)7-11-21)25(30)28-20-8-3-17(4-9-20)13-24-31-16(2)32-24/h3-12,14,16,24H,13H2,1-2H3,(H,28,30). The molecular weight excluding hydrogens is 409 g/mol. The largest absolute Gasteiger partial charge is 0.324 e. The van der Waals surface area contributed by atoms with Crippen LogP contribution >= 0.6 is 0 Å². The van der Waals surface area contributed by atoms with Crippen LogP contribution in [0.5, 0.6) is 0 Å². The number of hydrogen-bond donors (Lipinski definition) is 1. The number of imidazole rings is 1. The number of nitrogens with one attached hydrogen (secondary N) is 1. The lowest BCUT2D eigenvalue weighted by Crippen LogP contribution is -2.40. The normalized spacial score (nSPS) is 17.8. The summed E-state index contributed by atoms with van der Waals surface area (Å²) in [5.41, 5.74) is 4.61. The molecule has 1 saturated heterocycles. The molecule has 162 valence electrons. The number of hydrogen-bond acceptors (Lipinski definition) is 4. The number of carbonyl (C=O) groups is 1. The van der Waals surface area contributed by atoms with Crippen LogP contribution in [0.1, 0.15) is 28.7 Å². The smallest absolute Gasteiger partial charge is 0.255 e. The van der Waals surface area contributed by atoms with Gasteiger partial charge in [0, 0.05) is 23.4 Å². The molecule has 1 aromatic heterocycles. The molecule has 0 bridgehead atoms. The SMILES string of the molecule is Cc1nc2ccc(C(=O)Nc3ccc(CC4OC(C)O4)cc3)cc2n1-c1ccc(F)cc1. The van der Waals surface area contributed by atoms with Gasteiger partial charge in [-0.25, -0.2) is 9.37 Å². The van der Waals surface area contributed by atoms with Gasteiger partial charge in [-0.05, 0) is 74.0 Å². The minimum Gasteiger partial charge on any atom is -0.324 e. The van der Waals surface area contributed by atoms with Gasteiger partial charge in [-0.2, -0.15) is 0 Å². The molecule has 6 nitrogen and oxygen atoms in total. The Kier molecular flexibility index (Phi) is 5.20. The summed E-state index contributed by atoms with van der Waals surface area (Å²) in [5, 5.41) is 2.93. The third-order valence-corrected chi connectivity index (χ3v) is 5.47. The second-order valence-corrected chi connectivity index (χ2v) is 7.80. The van der Waals surface area contributed by atoms with E-state index in [1.807, 2.05) is 48.7 Å². The third kappa shape index (κ3) is 4.00. The van der Waals surface area contributed by atoms with Crippen LogP contribution in [0.3, 0.4) is 0 Å². The van der Waals surface area contributed by atoms with Crippen molar-refractivity contribution in [3.63, 3.8) is 0 Å². The van der Waals surface area contributed by atoms with Gasteiger partial charge in [-0.1, -0.05) is 12.1 Å². The van der Waals surface area contributed by atoms with Crippen LogP contribution in [0.2, 0.25) is 0 Å². The van der Waals surface area contributed by atoms with Gasteiger partial charge >= 0.3 is 0 Å². The van der Waals surface area contributed by atoms with Gasteiger partial charge in [0.15, 0.2) is 12.6 Å². The summed E-state index contributed by atoms with van der Waals surface area (Å²) in [5.74, 6) is 0.237. The predicted octanol–water partition coefficient (Wildman–Crippen LogP) is 4.99. The minimum absolute atomic E-state index is 0.140. The Morgan fingerprint density at radius 3 is 2.47 bits per heavy atom. The number of aromatic nitrogens is 2. The van der Waals surface area contributed by atoms with Crippen molar-refractivity contribution >= 4 is 22.6 Å². The van der Waals surface area contributed by atoms with Crippen molar-refractivity contribution in [2.75, 3.05) is 5.32 Å². The van der Waals surface area contributed by atoms with Crippen LogP contribution in [0.15, 0.2) is 66.7 Å². The minimum atomic E-state index is -0.302. The fourth-order valence-corrected chi connectivity index (χ4v) is 3.91. The summed E-state index contributed by atoms with van der Waals surface area (Å²) in [7, 11) is 0. The summed E-state index contributed by atoms with van der Waals surface area (Å²) >= 11 is 0. The number of amides is 1. The first-order valence-corrected chi connectivity index (χ1v) is 10.4. The molecule has 1 aliphatic heterocycles. The third-order valence-electron chi connectivity index (χ3n) is 5.47. The van der Waals surface area contributed by atoms with Gasteiger partial charge in [-0.3, -0.25) is 9.36 Å². The molecule has 0 radical (unpaired) electrons. The molecule has 0 atom stereocenters. The van der Waals surface area contributed by atoms with E-state index in [1.54, 1.807) is 24.3 Å². The van der Waals surface area contributed by atoms with Crippen LogP contribution in [0.4, 0.5) is 10.1 Å². The molecule has 7 heteroatoms. The molecule has 1 amide bonds. The molecule has 0 saturated carbocycles. The molecule has 5 rings (SSSR count). The zero-order chi connectivity index (χ0) is 22.2. The number of fused-ring (bicyclic) bond motifs is 1. The van der Waals surface area contributed by atoms with Crippen molar-refractivity contribution in [2.24, 2.45) is 0 Å². The van der Waals surface area contributed by atoms with Crippen molar-refractivity contribution in [1.82, 2.24) is 9.55 Å². The number of rotatable bonds is 5. The molecule has 32 heavy (non-hydrogen) atoms. The van der Waals surface area contributed by atoms with Gasteiger partial charge in [-0.15, -0.1) is 0 Å². The lowest BCUT2D eigenvalue weighted by molar-refractivity contribution is -0.374. The van der Waals surface area contributed by atoms with Crippen molar-refractivity contribution in [2.45, 2.75) is 32.8 Å². The maximum absolute atomic E-state index is 13.4. The first-order valence-electron chi connectivity index (χ1n) is 10.4. The Morgan fingerprint density at radius 1 is 1.06 bits per heavy atom. The molecule has 4 aromatic rings. The lowest BCUT2D eigenvalue weighted by atomic mass is 10.1. The maximum atomic E-state index is 13.4. The van der Waals surface area contributed by atoms with E-state index in [1.165, 1.54) is 12.1 Å². The highest BCUT2D eigenvalue weighted by atomic mass is 19.1. The number of aryl methyl sites for hydroxylation is 1. The molecule has 3 aromatic carbocycles.